The fourth-order valence-corrected chi connectivity index (χ4v) is 2.98. The van der Waals surface area contributed by atoms with Crippen molar-refractivity contribution in [1.29, 1.82) is 0 Å². The van der Waals surface area contributed by atoms with E-state index in [9.17, 15) is 14.4 Å². The maximum absolute atomic E-state index is 12.5. The number of aryl methyl sites for hydroxylation is 1. The summed E-state index contributed by atoms with van der Waals surface area (Å²) in [6, 6.07) is 10.5. The van der Waals surface area contributed by atoms with E-state index in [2.05, 4.69) is 5.32 Å². The number of nitrogens with one attached hydrogen (secondary N) is 1. The lowest BCUT2D eigenvalue weighted by atomic mass is 9.93. The molecule has 1 aliphatic rings. The number of rotatable bonds is 3. The van der Waals surface area contributed by atoms with Crippen LogP contribution < -0.4 is 10.9 Å². The van der Waals surface area contributed by atoms with Crippen molar-refractivity contribution in [3.05, 3.63) is 70.3 Å². The number of aromatic nitrogens is 1. The Morgan fingerprint density at radius 1 is 1.16 bits per heavy atom. The molecule has 0 bridgehead atoms. The molecule has 1 atom stereocenters. The van der Waals surface area contributed by atoms with E-state index in [1.807, 2.05) is 30.3 Å². The van der Waals surface area contributed by atoms with Crippen molar-refractivity contribution in [3.8, 4) is 0 Å². The molecular formula is C19H19N3O3. The minimum atomic E-state index is -0.397. The van der Waals surface area contributed by atoms with Gasteiger partial charge in [-0.25, -0.2) is 0 Å². The third kappa shape index (κ3) is 3.38. The molecular weight excluding hydrogens is 318 g/mol. The molecule has 1 N–H and O–H groups in total. The molecule has 0 saturated carbocycles. The smallest absolute Gasteiger partial charge is 0.274 e. The molecule has 3 rings (SSSR count). The number of fused-ring (bicyclic) bond motifs is 1. The van der Waals surface area contributed by atoms with Gasteiger partial charge in [0.2, 0.25) is 11.8 Å². The highest BCUT2D eigenvalue weighted by Crippen LogP contribution is 2.32. The lowest BCUT2D eigenvalue weighted by molar-refractivity contribution is -0.129. The highest BCUT2D eigenvalue weighted by atomic mass is 16.2. The van der Waals surface area contributed by atoms with E-state index in [1.54, 1.807) is 36.5 Å². The Labute approximate surface area is 145 Å². The number of anilines is 1. The summed E-state index contributed by atoms with van der Waals surface area (Å²) in [4.78, 5) is 38.0. The molecule has 2 heterocycles. The van der Waals surface area contributed by atoms with Gasteiger partial charge in [0.1, 0.15) is 5.69 Å². The Morgan fingerprint density at radius 2 is 1.92 bits per heavy atom. The van der Waals surface area contributed by atoms with Crippen LogP contribution >= 0.6 is 0 Å². The van der Waals surface area contributed by atoms with E-state index >= 15 is 0 Å². The molecule has 1 aliphatic heterocycles. The van der Waals surface area contributed by atoms with Crippen molar-refractivity contribution in [1.82, 2.24) is 9.47 Å². The minimum Gasteiger partial charge on any atom is -0.321 e. The zero-order valence-corrected chi connectivity index (χ0v) is 14.1. The van der Waals surface area contributed by atoms with Gasteiger partial charge in [-0.1, -0.05) is 24.3 Å². The van der Waals surface area contributed by atoms with E-state index in [4.69, 9.17) is 0 Å². The molecule has 0 unspecified atom stereocenters. The molecule has 6 nitrogen and oxygen atoms in total. The molecule has 128 valence electrons. The standard InChI is InChI=1S/C19H19N3O3/c1-13(23)22-11-9-14-6-3-4-7-15(14)17(22)12-18(24)20-16-8-5-10-21(2)19(16)25/h3-11,17H,12H2,1-2H3,(H,20,24)/t17-/m1/s1. The van der Waals surface area contributed by atoms with Crippen LogP contribution in [0.5, 0.6) is 0 Å². The van der Waals surface area contributed by atoms with Crippen LogP contribution in [0.25, 0.3) is 6.08 Å². The molecule has 1 aromatic heterocycles. The van der Waals surface area contributed by atoms with Crippen molar-refractivity contribution in [3.63, 3.8) is 0 Å². The van der Waals surface area contributed by atoms with Crippen LogP contribution in [0.4, 0.5) is 5.69 Å². The van der Waals surface area contributed by atoms with Gasteiger partial charge in [0.15, 0.2) is 0 Å². The Morgan fingerprint density at radius 3 is 2.68 bits per heavy atom. The molecule has 0 fully saturated rings. The molecule has 6 heteroatoms. The van der Waals surface area contributed by atoms with Crippen molar-refractivity contribution < 1.29 is 9.59 Å². The van der Waals surface area contributed by atoms with Gasteiger partial charge in [0.25, 0.3) is 5.56 Å². The monoisotopic (exact) mass is 337 g/mol. The topological polar surface area (TPSA) is 71.4 Å². The summed E-state index contributed by atoms with van der Waals surface area (Å²) in [5, 5.41) is 2.65. The number of hydrogen-bond donors (Lipinski definition) is 1. The van der Waals surface area contributed by atoms with Gasteiger partial charge in [-0.15, -0.1) is 0 Å². The lowest BCUT2D eigenvalue weighted by Crippen LogP contribution is -2.34. The molecule has 0 spiro atoms. The number of carbonyl (C=O) groups excluding carboxylic acids is 2. The van der Waals surface area contributed by atoms with E-state index < -0.39 is 6.04 Å². The van der Waals surface area contributed by atoms with Crippen LogP contribution in [-0.4, -0.2) is 21.3 Å². The summed E-state index contributed by atoms with van der Waals surface area (Å²) in [5.41, 5.74) is 1.84. The normalized spacial score (nSPS) is 15.6. The molecule has 25 heavy (non-hydrogen) atoms. The Balaban J connectivity index is 1.85. The van der Waals surface area contributed by atoms with Gasteiger partial charge < -0.3 is 14.8 Å². The molecule has 0 aliphatic carbocycles. The Hall–Kier alpha value is -3.15. The molecule has 2 aromatic rings. The fraction of sp³-hybridized carbons (Fsp3) is 0.211. The predicted molar refractivity (Wildman–Crippen MR) is 95.7 cm³/mol. The zero-order chi connectivity index (χ0) is 18.0. The van der Waals surface area contributed by atoms with E-state index in [0.717, 1.165) is 11.1 Å². The third-order valence-electron chi connectivity index (χ3n) is 4.25. The van der Waals surface area contributed by atoms with Crippen molar-refractivity contribution in [2.75, 3.05) is 5.32 Å². The molecule has 0 saturated heterocycles. The number of hydrogen-bond acceptors (Lipinski definition) is 3. The van der Waals surface area contributed by atoms with Crippen LogP contribution in [0.15, 0.2) is 53.6 Å². The van der Waals surface area contributed by atoms with E-state index in [1.165, 1.54) is 11.5 Å². The highest BCUT2D eigenvalue weighted by Gasteiger charge is 2.28. The first kappa shape index (κ1) is 16.7. The maximum atomic E-state index is 12.5. The third-order valence-corrected chi connectivity index (χ3v) is 4.25. The van der Waals surface area contributed by atoms with Crippen LogP contribution in [0.3, 0.4) is 0 Å². The summed E-state index contributed by atoms with van der Waals surface area (Å²) < 4.78 is 1.40. The van der Waals surface area contributed by atoms with Gasteiger partial charge in [-0.2, -0.15) is 0 Å². The zero-order valence-electron chi connectivity index (χ0n) is 14.1. The van der Waals surface area contributed by atoms with Gasteiger partial charge >= 0.3 is 0 Å². The van der Waals surface area contributed by atoms with Crippen LogP contribution in [-0.2, 0) is 16.6 Å². The summed E-state index contributed by atoms with van der Waals surface area (Å²) in [6.07, 6.45) is 5.25. The summed E-state index contributed by atoms with van der Waals surface area (Å²) >= 11 is 0. The number of amides is 2. The highest BCUT2D eigenvalue weighted by molar-refractivity contribution is 5.91. The molecule has 1 aromatic carbocycles. The van der Waals surface area contributed by atoms with E-state index in [-0.39, 0.29) is 29.5 Å². The average Bonchev–Trinajstić information content (AvgIpc) is 2.59. The Bertz CT molecular complexity index is 914. The van der Waals surface area contributed by atoms with Gasteiger partial charge in [0.05, 0.1) is 12.5 Å². The maximum Gasteiger partial charge on any atom is 0.274 e. The van der Waals surface area contributed by atoms with Crippen LogP contribution in [0, 0.1) is 0 Å². The average molecular weight is 337 g/mol. The number of carbonyl (C=O) groups is 2. The van der Waals surface area contributed by atoms with Crippen molar-refractivity contribution in [2.24, 2.45) is 7.05 Å². The van der Waals surface area contributed by atoms with Gasteiger partial charge in [0, 0.05) is 26.4 Å². The van der Waals surface area contributed by atoms with Gasteiger partial charge in [-0.3, -0.25) is 14.4 Å². The number of nitrogens with zero attached hydrogens (tertiary/aromatic N) is 2. The second-order valence-electron chi connectivity index (χ2n) is 5.98. The second kappa shape index (κ2) is 6.76. The number of pyridine rings is 1. The molecule has 2 amide bonds. The fourth-order valence-electron chi connectivity index (χ4n) is 2.98. The van der Waals surface area contributed by atoms with Crippen LogP contribution in [0.1, 0.15) is 30.5 Å². The summed E-state index contributed by atoms with van der Waals surface area (Å²) in [5.74, 6) is -0.455. The summed E-state index contributed by atoms with van der Waals surface area (Å²) in [7, 11) is 1.62. The lowest BCUT2D eigenvalue weighted by Gasteiger charge is -2.32. The summed E-state index contributed by atoms with van der Waals surface area (Å²) in [6.45, 7) is 1.47. The van der Waals surface area contributed by atoms with Crippen molar-refractivity contribution in [2.45, 2.75) is 19.4 Å². The molecule has 0 radical (unpaired) electrons. The van der Waals surface area contributed by atoms with Gasteiger partial charge in [-0.05, 0) is 29.3 Å². The minimum absolute atomic E-state index is 0.0684. The largest absolute Gasteiger partial charge is 0.321 e. The SMILES string of the molecule is CC(=O)N1C=Cc2ccccc2[C@H]1CC(=O)Nc1cccn(C)c1=O. The first-order valence-corrected chi connectivity index (χ1v) is 7.99. The van der Waals surface area contributed by atoms with E-state index in [0.29, 0.717) is 0 Å². The van der Waals surface area contributed by atoms with Crippen molar-refractivity contribution >= 4 is 23.6 Å². The second-order valence-corrected chi connectivity index (χ2v) is 5.98. The predicted octanol–water partition coefficient (Wildman–Crippen LogP) is 2.29. The first-order chi connectivity index (χ1) is 12.0. The van der Waals surface area contributed by atoms with Crippen LogP contribution in [0.2, 0.25) is 0 Å². The quantitative estimate of drug-likeness (QED) is 0.934. The Kier molecular flexibility index (Phi) is 4.52. The first-order valence-electron chi connectivity index (χ1n) is 7.99. The number of benzene rings is 1.